The fourth-order valence-corrected chi connectivity index (χ4v) is 3.63. The molecule has 1 aromatic heterocycles. The Morgan fingerprint density at radius 2 is 1.88 bits per heavy atom. The highest BCUT2D eigenvalue weighted by Crippen LogP contribution is 2.33. The van der Waals surface area contributed by atoms with Crippen LogP contribution in [0.2, 0.25) is 0 Å². The fraction of sp³-hybridized carbons (Fsp3) is 0.118. The highest BCUT2D eigenvalue weighted by atomic mass is 32.2. The molecule has 1 N–H and O–H groups in total. The first kappa shape index (κ1) is 14.9. The van der Waals surface area contributed by atoms with E-state index in [4.69, 9.17) is 9.47 Å². The summed E-state index contributed by atoms with van der Waals surface area (Å²) in [5.41, 5.74) is 1.70. The maximum absolute atomic E-state index is 12.5. The van der Waals surface area contributed by atoms with Gasteiger partial charge in [-0.05, 0) is 29.8 Å². The molecule has 0 aliphatic carbocycles. The number of benzene rings is 2. The molecule has 0 bridgehead atoms. The van der Waals surface area contributed by atoms with Gasteiger partial charge in [0.25, 0.3) is 0 Å². The summed E-state index contributed by atoms with van der Waals surface area (Å²) in [6, 6.07) is 14.0. The third-order valence-corrected chi connectivity index (χ3v) is 5.25. The summed E-state index contributed by atoms with van der Waals surface area (Å²) in [5.74, 6) is 0.987. The summed E-state index contributed by atoms with van der Waals surface area (Å²) in [7, 11) is -3.65. The third kappa shape index (κ3) is 2.68. The molecule has 0 spiro atoms. The lowest BCUT2D eigenvalue weighted by Gasteiger charge is -2.09. The molecule has 0 amide bonds. The topological polar surface area (TPSA) is 77.5 Å². The van der Waals surface area contributed by atoms with Crippen molar-refractivity contribution in [2.45, 2.75) is 11.4 Å². The Kier molecular flexibility index (Phi) is 3.59. The Morgan fingerprint density at radius 3 is 2.79 bits per heavy atom. The number of nitrogens with one attached hydrogen (secondary N) is 1. The molecule has 0 fully saturated rings. The molecule has 0 unspecified atom stereocenters. The minimum Gasteiger partial charge on any atom is -0.454 e. The van der Waals surface area contributed by atoms with E-state index in [0.717, 1.165) is 16.5 Å². The SMILES string of the molecule is O=S(=O)(NCc1ccnc2ccccc12)c1ccc2c(c1)OCO2. The van der Waals surface area contributed by atoms with Crippen LogP contribution in [0.4, 0.5) is 0 Å². The van der Waals surface area contributed by atoms with E-state index in [1.54, 1.807) is 12.3 Å². The van der Waals surface area contributed by atoms with Gasteiger partial charge in [-0.25, -0.2) is 13.1 Å². The molecule has 1 aliphatic rings. The predicted molar refractivity (Wildman–Crippen MR) is 88.3 cm³/mol. The largest absolute Gasteiger partial charge is 0.454 e. The molecule has 0 radical (unpaired) electrons. The Morgan fingerprint density at radius 1 is 1.04 bits per heavy atom. The number of sulfonamides is 1. The van der Waals surface area contributed by atoms with E-state index in [0.29, 0.717) is 11.5 Å². The molecule has 0 saturated carbocycles. The average Bonchev–Trinajstić information content (AvgIpc) is 3.07. The van der Waals surface area contributed by atoms with Crippen molar-refractivity contribution in [1.29, 1.82) is 0 Å². The van der Waals surface area contributed by atoms with Gasteiger partial charge >= 0.3 is 0 Å². The first-order valence-electron chi connectivity index (χ1n) is 7.35. The van der Waals surface area contributed by atoms with Crippen LogP contribution in [0.25, 0.3) is 10.9 Å². The van der Waals surface area contributed by atoms with Gasteiger partial charge in [0, 0.05) is 24.2 Å². The van der Waals surface area contributed by atoms with E-state index in [1.165, 1.54) is 12.1 Å². The molecule has 24 heavy (non-hydrogen) atoms. The van der Waals surface area contributed by atoms with Gasteiger partial charge in [0.05, 0.1) is 10.4 Å². The number of aromatic nitrogens is 1. The molecular formula is C17H14N2O4S. The van der Waals surface area contributed by atoms with Crippen LogP contribution in [0, 0.1) is 0 Å². The minimum atomic E-state index is -3.65. The maximum atomic E-state index is 12.5. The molecule has 0 atom stereocenters. The molecule has 2 heterocycles. The molecule has 7 heteroatoms. The number of ether oxygens (including phenoxy) is 2. The first-order valence-corrected chi connectivity index (χ1v) is 8.84. The summed E-state index contributed by atoms with van der Waals surface area (Å²) >= 11 is 0. The molecule has 6 nitrogen and oxygen atoms in total. The summed E-state index contributed by atoms with van der Waals surface area (Å²) < 4.78 is 38.1. The number of nitrogens with zero attached hydrogens (tertiary/aromatic N) is 1. The van der Waals surface area contributed by atoms with E-state index < -0.39 is 10.0 Å². The molecule has 2 aromatic carbocycles. The molecular weight excluding hydrogens is 328 g/mol. The van der Waals surface area contributed by atoms with Crippen LogP contribution >= 0.6 is 0 Å². The smallest absolute Gasteiger partial charge is 0.241 e. The Bertz CT molecular complexity index is 1010. The number of pyridine rings is 1. The third-order valence-electron chi connectivity index (χ3n) is 3.85. The number of para-hydroxylation sites is 1. The van der Waals surface area contributed by atoms with Crippen molar-refractivity contribution in [3.8, 4) is 11.5 Å². The monoisotopic (exact) mass is 342 g/mol. The van der Waals surface area contributed by atoms with Crippen molar-refractivity contribution in [2.75, 3.05) is 6.79 Å². The lowest BCUT2D eigenvalue weighted by molar-refractivity contribution is 0.174. The van der Waals surface area contributed by atoms with E-state index >= 15 is 0 Å². The van der Waals surface area contributed by atoms with Gasteiger partial charge < -0.3 is 9.47 Å². The highest BCUT2D eigenvalue weighted by molar-refractivity contribution is 7.89. The second-order valence-electron chi connectivity index (χ2n) is 5.33. The van der Waals surface area contributed by atoms with Crippen LogP contribution < -0.4 is 14.2 Å². The lowest BCUT2D eigenvalue weighted by Crippen LogP contribution is -2.23. The number of hydrogen-bond donors (Lipinski definition) is 1. The molecule has 1 aliphatic heterocycles. The van der Waals surface area contributed by atoms with Gasteiger partial charge in [-0.15, -0.1) is 0 Å². The van der Waals surface area contributed by atoms with Crippen molar-refractivity contribution < 1.29 is 17.9 Å². The molecule has 122 valence electrons. The van der Waals surface area contributed by atoms with E-state index in [1.807, 2.05) is 30.3 Å². The zero-order valence-corrected chi connectivity index (χ0v) is 13.4. The zero-order chi connectivity index (χ0) is 16.6. The second-order valence-corrected chi connectivity index (χ2v) is 7.09. The van der Waals surface area contributed by atoms with Gasteiger partial charge in [-0.2, -0.15) is 0 Å². The van der Waals surface area contributed by atoms with Crippen LogP contribution in [0.5, 0.6) is 11.5 Å². The lowest BCUT2D eigenvalue weighted by atomic mass is 10.1. The van der Waals surface area contributed by atoms with Crippen LogP contribution in [0.3, 0.4) is 0 Å². The average molecular weight is 342 g/mol. The fourth-order valence-electron chi connectivity index (χ4n) is 2.61. The van der Waals surface area contributed by atoms with Crippen molar-refractivity contribution >= 4 is 20.9 Å². The minimum absolute atomic E-state index is 0.106. The summed E-state index contributed by atoms with van der Waals surface area (Å²) in [4.78, 5) is 4.42. The summed E-state index contributed by atoms with van der Waals surface area (Å²) in [5, 5.41) is 0.924. The quantitative estimate of drug-likeness (QED) is 0.788. The maximum Gasteiger partial charge on any atom is 0.241 e. The predicted octanol–water partition coefficient (Wildman–Crippen LogP) is 2.44. The number of hydrogen-bond acceptors (Lipinski definition) is 5. The van der Waals surface area contributed by atoms with E-state index in [9.17, 15) is 8.42 Å². The molecule has 4 rings (SSSR count). The highest BCUT2D eigenvalue weighted by Gasteiger charge is 2.20. The van der Waals surface area contributed by atoms with Crippen molar-refractivity contribution in [1.82, 2.24) is 9.71 Å². The Hall–Kier alpha value is -2.64. The second kappa shape index (κ2) is 5.77. The van der Waals surface area contributed by atoms with Gasteiger partial charge in [-0.1, -0.05) is 18.2 Å². The standard InChI is InChI=1S/C17H14N2O4S/c20-24(21,13-5-6-16-17(9-13)23-11-22-16)19-10-12-7-8-18-15-4-2-1-3-14(12)15/h1-9,19H,10-11H2. The van der Waals surface area contributed by atoms with Crippen molar-refractivity contribution in [2.24, 2.45) is 0 Å². The van der Waals surface area contributed by atoms with Crippen molar-refractivity contribution in [3.63, 3.8) is 0 Å². The first-order chi connectivity index (χ1) is 11.6. The van der Waals surface area contributed by atoms with Crippen LogP contribution in [0.15, 0.2) is 59.6 Å². The summed E-state index contributed by atoms with van der Waals surface area (Å²) in [6.45, 7) is 0.287. The summed E-state index contributed by atoms with van der Waals surface area (Å²) in [6.07, 6.45) is 1.67. The number of fused-ring (bicyclic) bond motifs is 2. The van der Waals surface area contributed by atoms with Gasteiger partial charge in [-0.3, -0.25) is 4.98 Å². The Labute approximate surface area is 139 Å². The van der Waals surface area contributed by atoms with Gasteiger partial charge in [0.2, 0.25) is 16.8 Å². The van der Waals surface area contributed by atoms with Crippen molar-refractivity contribution in [3.05, 3.63) is 60.3 Å². The van der Waals surface area contributed by atoms with Gasteiger partial charge in [0.15, 0.2) is 11.5 Å². The van der Waals surface area contributed by atoms with E-state index in [-0.39, 0.29) is 18.2 Å². The van der Waals surface area contributed by atoms with Crippen LogP contribution in [-0.4, -0.2) is 20.2 Å². The zero-order valence-electron chi connectivity index (χ0n) is 12.6. The van der Waals surface area contributed by atoms with Crippen LogP contribution in [-0.2, 0) is 16.6 Å². The molecule has 3 aromatic rings. The van der Waals surface area contributed by atoms with Crippen LogP contribution in [0.1, 0.15) is 5.56 Å². The normalized spacial score (nSPS) is 13.3. The van der Waals surface area contributed by atoms with Gasteiger partial charge in [0.1, 0.15) is 0 Å². The molecule has 0 saturated heterocycles. The number of rotatable bonds is 4. The van der Waals surface area contributed by atoms with E-state index in [2.05, 4.69) is 9.71 Å². The Balaban J connectivity index is 1.60.